The monoisotopic (exact) mass is 949 g/mol. The lowest BCUT2D eigenvalue weighted by Gasteiger charge is -2.29. The minimum Gasteiger partial charge on any atom is -0.457 e. The zero-order valence-corrected chi connectivity index (χ0v) is 45.1. The second-order valence-corrected chi connectivity index (χ2v) is 23.6. The number of aryl methyl sites for hydroxylation is 2. The van der Waals surface area contributed by atoms with Crippen LogP contribution in [0.1, 0.15) is 139 Å². The van der Waals surface area contributed by atoms with Gasteiger partial charge in [-0.25, -0.2) is 4.98 Å². The third kappa shape index (κ3) is 8.86. The summed E-state index contributed by atoms with van der Waals surface area (Å²) in [4.78, 5) is 10.1. The van der Waals surface area contributed by atoms with Crippen LogP contribution in [0.15, 0.2) is 158 Å². The van der Waals surface area contributed by atoms with Crippen LogP contribution in [0, 0.1) is 13.8 Å². The van der Waals surface area contributed by atoms with Crippen molar-refractivity contribution in [3.63, 3.8) is 0 Å². The van der Waals surface area contributed by atoms with Crippen molar-refractivity contribution >= 4 is 44.6 Å². The summed E-state index contributed by atoms with van der Waals surface area (Å²) in [6.07, 6.45) is 1.95. The molecule has 0 fully saturated rings. The highest BCUT2D eigenvalue weighted by molar-refractivity contribution is 6.09. The normalized spacial score (nSPS) is 13.3. The minimum atomic E-state index is -0.228. The first-order valence-corrected chi connectivity index (χ1v) is 26.0. The molecular weight excluding hydrogens is 877 g/mol. The maximum absolute atomic E-state index is 7.25. The summed E-state index contributed by atoms with van der Waals surface area (Å²) in [7, 11) is 0. The number of pyridine rings is 1. The van der Waals surface area contributed by atoms with Gasteiger partial charge in [-0.3, -0.25) is 4.57 Å². The Balaban J connectivity index is 1.14. The number of benzene rings is 7. The van der Waals surface area contributed by atoms with Crippen molar-refractivity contribution in [2.75, 3.05) is 16.5 Å². The van der Waals surface area contributed by atoms with Crippen LogP contribution in [0.25, 0.3) is 38.8 Å². The molecule has 0 saturated heterocycles. The predicted octanol–water partition coefficient (Wildman–Crippen LogP) is 18.7. The number of aromatic nitrogens is 2. The predicted molar refractivity (Wildman–Crippen MR) is 306 cm³/mol. The van der Waals surface area contributed by atoms with E-state index in [1.807, 2.05) is 6.20 Å². The van der Waals surface area contributed by atoms with E-state index in [2.05, 4.69) is 263 Å². The summed E-state index contributed by atoms with van der Waals surface area (Å²) in [5.74, 6) is 3.07. The number of anilines is 4. The van der Waals surface area contributed by atoms with Crippen molar-refractivity contribution < 1.29 is 4.74 Å². The summed E-state index contributed by atoms with van der Waals surface area (Å²) < 4.78 is 9.55. The lowest BCUT2D eigenvalue weighted by atomic mass is 9.78. The van der Waals surface area contributed by atoms with Gasteiger partial charge in [0, 0.05) is 45.9 Å². The van der Waals surface area contributed by atoms with Gasteiger partial charge in [0.15, 0.2) is 0 Å². The number of ether oxygens (including phenoxy) is 1. The van der Waals surface area contributed by atoms with Gasteiger partial charge >= 0.3 is 0 Å². The van der Waals surface area contributed by atoms with E-state index in [1.54, 1.807) is 0 Å². The summed E-state index contributed by atoms with van der Waals surface area (Å²) in [6.45, 7) is 32.9. The zero-order chi connectivity index (χ0) is 51.0. The van der Waals surface area contributed by atoms with Crippen LogP contribution >= 0.6 is 0 Å². The van der Waals surface area contributed by atoms with Crippen molar-refractivity contribution in [2.24, 2.45) is 0 Å². The van der Waals surface area contributed by atoms with Gasteiger partial charge in [-0.05, 0) is 159 Å². The molecule has 2 aromatic heterocycles. The topological polar surface area (TPSA) is 33.5 Å². The number of nitrogens with zero attached hydrogens (tertiary/aromatic N) is 4. The van der Waals surface area contributed by atoms with Gasteiger partial charge in [0.1, 0.15) is 24.0 Å². The van der Waals surface area contributed by atoms with Gasteiger partial charge in [0.05, 0.1) is 22.4 Å². The Bertz CT molecular complexity index is 3450. The molecule has 0 unspecified atom stereocenters. The van der Waals surface area contributed by atoms with Gasteiger partial charge in [-0.2, -0.15) is 0 Å². The molecule has 0 N–H and O–H groups in total. The van der Waals surface area contributed by atoms with Crippen LogP contribution in [0.5, 0.6) is 11.5 Å². The zero-order valence-electron chi connectivity index (χ0n) is 45.1. The average molecular weight is 949 g/mol. The largest absolute Gasteiger partial charge is 0.457 e. The number of fused-ring (bicyclic) bond motifs is 4. The fraction of sp³-hybridized carbons (Fsp3) is 0.299. The first-order chi connectivity index (χ1) is 34.2. The molecule has 10 rings (SSSR count). The van der Waals surface area contributed by atoms with Crippen molar-refractivity contribution in [2.45, 2.75) is 125 Å². The Morgan fingerprint density at radius 1 is 0.486 bits per heavy atom. The van der Waals surface area contributed by atoms with Crippen LogP contribution < -0.4 is 14.5 Å². The molecule has 72 heavy (non-hydrogen) atoms. The van der Waals surface area contributed by atoms with E-state index in [9.17, 15) is 0 Å². The molecule has 1 aliphatic heterocycles. The lowest BCUT2D eigenvalue weighted by Crippen LogP contribution is -2.25. The highest BCUT2D eigenvalue weighted by Crippen LogP contribution is 2.50. The first-order valence-electron chi connectivity index (χ1n) is 26.0. The molecule has 0 saturated carbocycles. The Hall–Kier alpha value is -7.11. The Morgan fingerprint density at radius 3 is 1.68 bits per heavy atom. The van der Waals surface area contributed by atoms with Gasteiger partial charge in [0.25, 0.3) is 0 Å². The van der Waals surface area contributed by atoms with Crippen LogP contribution in [0.3, 0.4) is 0 Å². The minimum absolute atomic E-state index is 0.0167. The summed E-state index contributed by atoms with van der Waals surface area (Å²) in [5.41, 5.74) is 19.4. The second-order valence-electron chi connectivity index (χ2n) is 23.6. The summed E-state index contributed by atoms with van der Waals surface area (Å²) in [5, 5.41) is 2.33. The molecule has 3 heterocycles. The maximum atomic E-state index is 7.25. The smallest absolute Gasteiger partial charge is 0.137 e. The highest BCUT2D eigenvalue weighted by atomic mass is 16.5. The van der Waals surface area contributed by atoms with Crippen molar-refractivity contribution in [3.8, 4) is 28.4 Å². The third-order valence-corrected chi connectivity index (χ3v) is 15.4. The SMILES string of the molecule is Cc1cc2c(cc1C)N(c1cc(C(C)(C)C)cc(C(C)(C)C)c1)CN2c1cc(Oc2ccc3c4ccccc4n(-c4cc(C(C)(C)c5ccccc5)ccn4)c3c2)cc(-c2c(C(C)C)cccc2C(C)C)c1. The van der Waals surface area contributed by atoms with Gasteiger partial charge in [-0.15, -0.1) is 0 Å². The van der Waals surface area contributed by atoms with Crippen molar-refractivity contribution in [1.29, 1.82) is 0 Å². The van der Waals surface area contributed by atoms with Crippen LogP contribution in [0.2, 0.25) is 0 Å². The molecule has 0 atom stereocenters. The average Bonchev–Trinajstić information content (AvgIpc) is 3.88. The number of hydrogen-bond acceptors (Lipinski definition) is 4. The van der Waals surface area contributed by atoms with E-state index in [0.29, 0.717) is 18.5 Å². The van der Waals surface area contributed by atoms with Gasteiger partial charge < -0.3 is 14.5 Å². The molecule has 5 nitrogen and oxygen atoms in total. The van der Waals surface area contributed by atoms with Crippen molar-refractivity contribution in [3.05, 3.63) is 202 Å². The number of para-hydroxylation sites is 1. The molecule has 0 bridgehead atoms. The van der Waals surface area contributed by atoms with Gasteiger partial charge in [-0.1, -0.05) is 156 Å². The van der Waals surface area contributed by atoms with E-state index < -0.39 is 0 Å². The van der Waals surface area contributed by atoms with E-state index in [4.69, 9.17) is 9.72 Å². The van der Waals surface area contributed by atoms with E-state index in [-0.39, 0.29) is 16.2 Å². The van der Waals surface area contributed by atoms with Crippen LogP contribution in [0.4, 0.5) is 22.7 Å². The Labute approximate surface area is 429 Å². The molecule has 5 heteroatoms. The number of hydrogen-bond donors (Lipinski definition) is 0. The lowest BCUT2D eigenvalue weighted by molar-refractivity contribution is 0.483. The third-order valence-electron chi connectivity index (χ3n) is 15.4. The molecule has 9 aromatic rings. The van der Waals surface area contributed by atoms with E-state index in [0.717, 1.165) is 45.0 Å². The molecular formula is C67H72N4O. The molecule has 0 amide bonds. The van der Waals surface area contributed by atoms with E-state index in [1.165, 1.54) is 72.5 Å². The fourth-order valence-electron chi connectivity index (χ4n) is 10.8. The Kier molecular flexibility index (Phi) is 12.3. The van der Waals surface area contributed by atoms with E-state index >= 15 is 0 Å². The van der Waals surface area contributed by atoms with Crippen molar-refractivity contribution in [1.82, 2.24) is 9.55 Å². The van der Waals surface area contributed by atoms with Crippen LogP contribution in [-0.2, 0) is 16.2 Å². The first kappa shape index (κ1) is 48.5. The summed E-state index contributed by atoms with van der Waals surface area (Å²) >= 11 is 0. The molecule has 0 radical (unpaired) electrons. The second kappa shape index (κ2) is 18.2. The molecule has 0 aliphatic carbocycles. The fourth-order valence-corrected chi connectivity index (χ4v) is 10.8. The quantitative estimate of drug-likeness (QED) is 0.137. The molecule has 7 aromatic carbocycles. The molecule has 366 valence electrons. The van der Waals surface area contributed by atoms with Crippen LogP contribution in [-0.4, -0.2) is 16.2 Å². The van der Waals surface area contributed by atoms with Gasteiger partial charge in [0.2, 0.25) is 0 Å². The standard InChI is InChI=1S/C67H72N4O/c1-42(2)55-24-20-25-56(43(3)4)64(55)46-33-51(69-41-70(62-32-45(6)44(5)31-61(62)69)52-36-49(65(7,8)9)35-50(37-52)66(10,11)12)39-54(34-46)72-53-27-28-58-57-23-18-19-26-59(57)71(60(58)40-53)63-38-48(29-30-68-63)67(13,14)47-21-16-15-17-22-47/h15-40,42-43H,41H2,1-14H3. The summed E-state index contributed by atoms with van der Waals surface area (Å²) in [6, 6.07) is 56.2. The molecule has 0 spiro atoms. The highest BCUT2D eigenvalue weighted by Gasteiger charge is 2.32. The maximum Gasteiger partial charge on any atom is 0.137 e. The number of rotatable bonds is 10. The Morgan fingerprint density at radius 2 is 1.07 bits per heavy atom. The molecule has 1 aliphatic rings.